The van der Waals surface area contributed by atoms with Crippen molar-refractivity contribution in [2.75, 3.05) is 46.1 Å². The van der Waals surface area contributed by atoms with Crippen LogP contribution in [-0.4, -0.2) is 62.5 Å². The van der Waals surface area contributed by atoms with E-state index in [9.17, 15) is 4.79 Å². The summed E-state index contributed by atoms with van der Waals surface area (Å²) < 4.78 is 16.1. The Labute approximate surface area is 117 Å². The van der Waals surface area contributed by atoms with Crippen LogP contribution in [0, 0.1) is 0 Å². The van der Waals surface area contributed by atoms with Crippen molar-refractivity contribution in [3.8, 4) is 0 Å². The van der Waals surface area contributed by atoms with E-state index in [2.05, 4.69) is 0 Å². The molecule has 1 amide bonds. The van der Waals surface area contributed by atoms with Crippen molar-refractivity contribution >= 4 is 5.91 Å². The summed E-state index contributed by atoms with van der Waals surface area (Å²) in [5.41, 5.74) is -0.304. The number of nitrogens with zero attached hydrogens (tertiary/aromatic N) is 1. The van der Waals surface area contributed by atoms with Crippen molar-refractivity contribution in [2.45, 2.75) is 40.2 Å². The van der Waals surface area contributed by atoms with Crippen LogP contribution in [0.3, 0.4) is 0 Å². The zero-order valence-electron chi connectivity index (χ0n) is 13.0. The van der Waals surface area contributed by atoms with Crippen LogP contribution in [0.5, 0.6) is 0 Å². The SMILES string of the molecule is CCOCCN(CCOCC)C(=O)COC(C)(C)C. The van der Waals surface area contributed by atoms with Gasteiger partial charge in [-0.15, -0.1) is 0 Å². The van der Waals surface area contributed by atoms with E-state index in [1.165, 1.54) is 0 Å². The van der Waals surface area contributed by atoms with Crippen LogP contribution in [0.15, 0.2) is 0 Å². The fraction of sp³-hybridized carbons (Fsp3) is 0.929. The maximum Gasteiger partial charge on any atom is 0.248 e. The van der Waals surface area contributed by atoms with E-state index >= 15 is 0 Å². The van der Waals surface area contributed by atoms with Crippen LogP contribution in [0.25, 0.3) is 0 Å². The molecule has 0 fully saturated rings. The second-order valence-electron chi connectivity index (χ2n) is 5.18. The van der Waals surface area contributed by atoms with Gasteiger partial charge in [-0.25, -0.2) is 0 Å². The summed E-state index contributed by atoms with van der Waals surface area (Å²) in [6.07, 6.45) is 0. The lowest BCUT2D eigenvalue weighted by molar-refractivity contribution is -0.142. The minimum Gasteiger partial charge on any atom is -0.380 e. The highest BCUT2D eigenvalue weighted by Gasteiger charge is 2.17. The van der Waals surface area contributed by atoms with Crippen LogP contribution in [0.2, 0.25) is 0 Å². The molecule has 0 bridgehead atoms. The maximum atomic E-state index is 12.1. The Morgan fingerprint density at radius 1 is 1.00 bits per heavy atom. The van der Waals surface area contributed by atoms with Gasteiger partial charge < -0.3 is 19.1 Å². The highest BCUT2D eigenvalue weighted by molar-refractivity contribution is 5.77. The van der Waals surface area contributed by atoms with Gasteiger partial charge in [-0.1, -0.05) is 0 Å². The smallest absolute Gasteiger partial charge is 0.248 e. The lowest BCUT2D eigenvalue weighted by Gasteiger charge is -2.25. The van der Waals surface area contributed by atoms with Gasteiger partial charge in [-0.2, -0.15) is 0 Å². The number of carbonyl (C=O) groups is 1. The molecule has 0 radical (unpaired) electrons. The van der Waals surface area contributed by atoms with Gasteiger partial charge in [0.2, 0.25) is 5.91 Å². The first-order valence-electron chi connectivity index (χ1n) is 6.98. The summed E-state index contributed by atoms with van der Waals surface area (Å²) in [6.45, 7) is 13.3. The highest BCUT2D eigenvalue weighted by atomic mass is 16.5. The molecule has 0 aromatic rings. The average Bonchev–Trinajstić information content (AvgIpc) is 2.33. The summed E-state index contributed by atoms with van der Waals surface area (Å²) in [7, 11) is 0. The quantitative estimate of drug-likeness (QED) is 0.569. The van der Waals surface area contributed by atoms with Crippen LogP contribution in [0.1, 0.15) is 34.6 Å². The summed E-state index contributed by atoms with van der Waals surface area (Å²) in [4.78, 5) is 13.8. The van der Waals surface area contributed by atoms with Gasteiger partial charge >= 0.3 is 0 Å². The third-order valence-corrected chi connectivity index (χ3v) is 2.40. The second kappa shape index (κ2) is 10.2. The van der Waals surface area contributed by atoms with Crippen molar-refractivity contribution in [3.63, 3.8) is 0 Å². The molecule has 0 saturated heterocycles. The topological polar surface area (TPSA) is 48.0 Å². The fourth-order valence-corrected chi connectivity index (χ4v) is 1.37. The summed E-state index contributed by atoms with van der Waals surface area (Å²) >= 11 is 0. The third-order valence-electron chi connectivity index (χ3n) is 2.40. The lowest BCUT2D eigenvalue weighted by Crippen LogP contribution is -2.40. The number of amides is 1. The average molecular weight is 275 g/mol. The van der Waals surface area contributed by atoms with Gasteiger partial charge in [0.1, 0.15) is 6.61 Å². The monoisotopic (exact) mass is 275 g/mol. The fourth-order valence-electron chi connectivity index (χ4n) is 1.37. The Kier molecular flexibility index (Phi) is 9.83. The lowest BCUT2D eigenvalue weighted by atomic mass is 10.2. The summed E-state index contributed by atoms with van der Waals surface area (Å²) in [5.74, 6) is -0.0191. The zero-order valence-corrected chi connectivity index (χ0v) is 13.0. The van der Waals surface area contributed by atoms with Crippen LogP contribution in [0.4, 0.5) is 0 Å². The summed E-state index contributed by atoms with van der Waals surface area (Å²) in [6, 6.07) is 0. The Hall–Kier alpha value is -0.650. The number of ether oxygens (including phenoxy) is 3. The molecule has 0 aliphatic heterocycles. The Morgan fingerprint density at radius 3 is 1.84 bits per heavy atom. The molecule has 0 rings (SSSR count). The van der Waals surface area contributed by atoms with Gasteiger partial charge in [-0.3, -0.25) is 4.79 Å². The molecule has 0 heterocycles. The predicted molar refractivity (Wildman–Crippen MR) is 75.3 cm³/mol. The Balaban J connectivity index is 4.15. The molecular formula is C14H29NO4. The van der Waals surface area contributed by atoms with Crippen molar-refractivity contribution in [1.82, 2.24) is 4.90 Å². The van der Waals surface area contributed by atoms with Gasteiger partial charge in [0.25, 0.3) is 0 Å². The van der Waals surface area contributed by atoms with Crippen LogP contribution < -0.4 is 0 Å². The van der Waals surface area contributed by atoms with E-state index in [1.807, 2.05) is 34.6 Å². The maximum absolute atomic E-state index is 12.1. The largest absolute Gasteiger partial charge is 0.380 e. The van der Waals surface area contributed by atoms with E-state index in [1.54, 1.807) is 4.90 Å². The molecule has 0 saturated carbocycles. The van der Waals surface area contributed by atoms with Gasteiger partial charge in [0.15, 0.2) is 0 Å². The molecule has 5 heteroatoms. The molecular weight excluding hydrogens is 246 g/mol. The minimum absolute atomic E-state index is 0.0191. The Bertz CT molecular complexity index is 228. The van der Waals surface area contributed by atoms with Crippen LogP contribution in [-0.2, 0) is 19.0 Å². The van der Waals surface area contributed by atoms with E-state index < -0.39 is 0 Å². The number of rotatable bonds is 10. The number of hydrogen-bond donors (Lipinski definition) is 0. The zero-order chi connectivity index (χ0) is 14.7. The summed E-state index contributed by atoms with van der Waals surface area (Å²) in [5, 5.41) is 0. The predicted octanol–water partition coefficient (Wildman–Crippen LogP) is 1.70. The second-order valence-corrected chi connectivity index (χ2v) is 5.18. The first-order valence-corrected chi connectivity index (χ1v) is 6.98. The van der Waals surface area contributed by atoms with Gasteiger partial charge in [-0.05, 0) is 34.6 Å². The molecule has 5 nitrogen and oxygen atoms in total. The third kappa shape index (κ3) is 10.9. The molecule has 0 aromatic carbocycles. The molecule has 19 heavy (non-hydrogen) atoms. The molecule has 0 aliphatic rings. The normalized spacial score (nSPS) is 11.6. The Morgan fingerprint density at radius 2 is 1.47 bits per heavy atom. The standard InChI is InChI=1S/C14H29NO4/c1-6-17-10-8-15(9-11-18-7-2)13(16)12-19-14(3,4)5/h6-12H2,1-5H3. The van der Waals surface area contributed by atoms with Crippen molar-refractivity contribution in [3.05, 3.63) is 0 Å². The molecule has 0 atom stereocenters. The van der Waals surface area contributed by atoms with Gasteiger partial charge in [0.05, 0.1) is 18.8 Å². The first-order chi connectivity index (χ1) is 8.90. The van der Waals surface area contributed by atoms with E-state index in [0.29, 0.717) is 39.5 Å². The first kappa shape index (κ1) is 18.4. The number of carbonyl (C=O) groups excluding carboxylic acids is 1. The van der Waals surface area contributed by atoms with Crippen molar-refractivity contribution in [2.24, 2.45) is 0 Å². The minimum atomic E-state index is -0.304. The molecule has 0 aliphatic carbocycles. The molecule has 114 valence electrons. The molecule has 0 unspecified atom stereocenters. The van der Waals surface area contributed by atoms with E-state index in [-0.39, 0.29) is 18.1 Å². The molecule has 0 aromatic heterocycles. The number of hydrogen-bond acceptors (Lipinski definition) is 4. The van der Waals surface area contributed by atoms with Crippen LogP contribution >= 0.6 is 0 Å². The van der Waals surface area contributed by atoms with Crippen molar-refractivity contribution < 1.29 is 19.0 Å². The van der Waals surface area contributed by atoms with Gasteiger partial charge in [0, 0.05) is 26.3 Å². The molecule has 0 spiro atoms. The van der Waals surface area contributed by atoms with E-state index in [4.69, 9.17) is 14.2 Å². The highest BCUT2D eigenvalue weighted by Crippen LogP contribution is 2.06. The molecule has 0 N–H and O–H groups in total. The van der Waals surface area contributed by atoms with E-state index in [0.717, 1.165) is 0 Å². The van der Waals surface area contributed by atoms with Crippen molar-refractivity contribution in [1.29, 1.82) is 0 Å².